The highest BCUT2D eigenvalue weighted by atomic mass is 32.1. The summed E-state index contributed by atoms with van der Waals surface area (Å²) in [5.74, 6) is 0.0566. The van der Waals surface area contributed by atoms with Gasteiger partial charge in [-0.2, -0.15) is 0 Å². The quantitative estimate of drug-likeness (QED) is 0.452. The normalized spacial score (nSPS) is 11.5. The summed E-state index contributed by atoms with van der Waals surface area (Å²) in [6, 6.07) is 9.15. The molecule has 0 amide bonds. The van der Waals surface area contributed by atoms with E-state index in [-0.39, 0.29) is 27.2 Å². The molecule has 0 bridgehead atoms. The van der Waals surface area contributed by atoms with Crippen molar-refractivity contribution >= 4 is 35.3 Å². The van der Waals surface area contributed by atoms with E-state index in [0.717, 1.165) is 17.4 Å². The number of benzene rings is 1. The van der Waals surface area contributed by atoms with Gasteiger partial charge in [0.25, 0.3) is 0 Å². The summed E-state index contributed by atoms with van der Waals surface area (Å²) in [7, 11) is -3.10. The average Bonchev–Trinajstić information content (AvgIpc) is 3.20. The van der Waals surface area contributed by atoms with Crippen LogP contribution >= 0.6 is 18.9 Å². The maximum atomic E-state index is 12.9. The van der Waals surface area contributed by atoms with Crippen LogP contribution < -0.4 is 16.0 Å². The molecule has 3 aromatic rings. The van der Waals surface area contributed by atoms with Crippen LogP contribution in [-0.4, -0.2) is 27.7 Å². The first-order valence-electron chi connectivity index (χ1n) is 6.91. The van der Waals surface area contributed by atoms with Crippen molar-refractivity contribution in [2.24, 2.45) is 0 Å². The number of nitrogen functional groups attached to an aromatic ring is 1. The Kier molecular flexibility index (Phi) is 4.49. The van der Waals surface area contributed by atoms with Crippen LogP contribution in [0.15, 0.2) is 40.8 Å². The zero-order valence-corrected chi connectivity index (χ0v) is 14.6. The smallest absolute Gasteiger partial charge is 0.391 e. The van der Waals surface area contributed by atoms with E-state index < -0.39 is 13.1 Å². The maximum absolute atomic E-state index is 12.9. The number of para-hydroxylation sites is 1. The number of carbonyl (C=O) groups excluding carboxylic acids is 1. The largest absolute Gasteiger partial charge is 0.496 e. The van der Waals surface area contributed by atoms with Crippen LogP contribution in [0.1, 0.15) is 15.2 Å². The third kappa shape index (κ3) is 3.35. The Labute approximate surface area is 146 Å². The van der Waals surface area contributed by atoms with Crippen molar-refractivity contribution in [3.8, 4) is 17.2 Å². The fourth-order valence-corrected chi connectivity index (χ4v) is 3.50. The molecule has 1 aromatic carbocycles. The minimum absolute atomic E-state index is 0.0459. The van der Waals surface area contributed by atoms with E-state index in [1.54, 1.807) is 24.3 Å². The van der Waals surface area contributed by atoms with Gasteiger partial charge in [0.15, 0.2) is 10.9 Å². The number of nitrogens with zero attached hydrogens (tertiary/aromatic N) is 1. The monoisotopic (exact) mass is 380 g/mol. The number of ether oxygens (including phenoxy) is 1. The molecule has 0 fully saturated rings. The molecule has 25 heavy (non-hydrogen) atoms. The first kappa shape index (κ1) is 17.4. The van der Waals surface area contributed by atoms with E-state index in [4.69, 9.17) is 14.9 Å². The Morgan fingerprint density at radius 3 is 2.64 bits per heavy atom. The van der Waals surface area contributed by atoms with Crippen molar-refractivity contribution in [2.75, 3.05) is 12.8 Å². The second-order valence-corrected chi connectivity index (χ2v) is 7.50. The van der Waals surface area contributed by atoms with Gasteiger partial charge in [-0.25, -0.2) is 4.98 Å². The summed E-state index contributed by atoms with van der Waals surface area (Å²) in [6.45, 7) is 0. The SMILES string of the molecule is COc1ccccc1C(=O)c1sc(N)nc1-c1ccc(P(=O)(O)O)o1. The number of methoxy groups -OCH3 is 1. The summed E-state index contributed by atoms with van der Waals surface area (Å²) < 4.78 is 21.6. The molecule has 130 valence electrons. The van der Waals surface area contributed by atoms with E-state index in [0.29, 0.717) is 11.3 Å². The highest BCUT2D eigenvalue weighted by Crippen LogP contribution is 2.38. The van der Waals surface area contributed by atoms with E-state index in [2.05, 4.69) is 4.98 Å². The van der Waals surface area contributed by atoms with E-state index >= 15 is 0 Å². The van der Waals surface area contributed by atoms with Crippen LogP contribution in [-0.2, 0) is 4.57 Å². The number of carbonyl (C=O) groups is 1. The van der Waals surface area contributed by atoms with Crippen molar-refractivity contribution in [1.29, 1.82) is 0 Å². The molecule has 0 saturated carbocycles. The fraction of sp³-hybridized carbons (Fsp3) is 0.0667. The first-order valence-corrected chi connectivity index (χ1v) is 9.34. The lowest BCUT2D eigenvalue weighted by molar-refractivity contribution is 0.104. The number of rotatable bonds is 5. The minimum Gasteiger partial charge on any atom is -0.496 e. The standard InChI is InChI=1S/C15H13N2O6PS/c1-22-9-5-3-2-4-8(9)13(18)14-12(17-15(16)25-14)10-6-7-11(23-10)24(19,20)21/h2-7H,1H3,(H2,16,17)(H2,19,20,21). The van der Waals surface area contributed by atoms with E-state index in [1.165, 1.54) is 13.2 Å². The van der Waals surface area contributed by atoms with Crippen molar-refractivity contribution in [3.63, 3.8) is 0 Å². The van der Waals surface area contributed by atoms with Crippen molar-refractivity contribution in [2.45, 2.75) is 0 Å². The van der Waals surface area contributed by atoms with Gasteiger partial charge in [0.1, 0.15) is 16.3 Å². The molecule has 0 spiro atoms. The second-order valence-electron chi connectivity index (χ2n) is 4.94. The number of hydrogen-bond donors (Lipinski definition) is 3. The van der Waals surface area contributed by atoms with Crippen LogP contribution in [0.3, 0.4) is 0 Å². The van der Waals surface area contributed by atoms with Gasteiger partial charge >= 0.3 is 7.60 Å². The average molecular weight is 380 g/mol. The lowest BCUT2D eigenvalue weighted by Gasteiger charge is -2.06. The molecular weight excluding hydrogens is 367 g/mol. The van der Waals surface area contributed by atoms with Crippen LogP contribution in [0, 0.1) is 0 Å². The molecule has 0 aliphatic rings. The molecule has 10 heteroatoms. The van der Waals surface area contributed by atoms with Gasteiger partial charge < -0.3 is 24.7 Å². The van der Waals surface area contributed by atoms with Gasteiger partial charge in [0, 0.05) is 0 Å². The predicted octanol–water partition coefficient (Wildman–Crippen LogP) is 2.03. The Hall–Kier alpha value is -2.45. The molecule has 8 nitrogen and oxygen atoms in total. The Morgan fingerprint density at radius 2 is 2.00 bits per heavy atom. The van der Waals surface area contributed by atoms with Crippen molar-refractivity contribution < 1.29 is 28.3 Å². The second kappa shape index (κ2) is 6.45. The van der Waals surface area contributed by atoms with Gasteiger partial charge in [0.05, 0.1) is 12.7 Å². The van der Waals surface area contributed by atoms with Crippen LogP contribution in [0.25, 0.3) is 11.5 Å². The van der Waals surface area contributed by atoms with E-state index in [1.807, 2.05) is 0 Å². The molecule has 0 radical (unpaired) electrons. The topological polar surface area (TPSA) is 136 Å². The van der Waals surface area contributed by atoms with Crippen LogP contribution in [0.5, 0.6) is 5.75 Å². The van der Waals surface area contributed by atoms with Gasteiger partial charge in [-0.15, -0.1) is 0 Å². The third-order valence-corrected chi connectivity index (χ3v) is 5.01. The summed E-state index contributed by atoms with van der Waals surface area (Å²) in [5.41, 5.74) is 5.65. The molecule has 4 N–H and O–H groups in total. The molecular formula is C15H13N2O6PS. The van der Waals surface area contributed by atoms with E-state index in [9.17, 15) is 19.1 Å². The lowest BCUT2D eigenvalue weighted by Crippen LogP contribution is -2.03. The van der Waals surface area contributed by atoms with Crippen molar-refractivity contribution in [1.82, 2.24) is 4.98 Å². The molecule has 3 rings (SSSR count). The number of hydrogen-bond acceptors (Lipinski definition) is 7. The zero-order chi connectivity index (χ0) is 18.2. The zero-order valence-electron chi connectivity index (χ0n) is 12.9. The van der Waals surface area contributed by atoms with Gasteiger partial charge in [-0.3, -0.25) is 9.36 Å². The fourth-order valence-electron chi connectivity index (χ4n) is 2.22. The summed E-state index contributed by atoms with van der Waals surface area (Å²) in [4.78, 5) is 35.5. The summed E-state index contributed by atoms with van der Waals surface area (Å²) in [6.07, 6.45) is 0. The Bertz CT molecular complexity index is 990. The molecule has 0 atom stereocenters. The highest BCUT2D eigenvalue weighted by Gasteiger charge is 2.27. The molecule has 0 unspecified atom stereocenters. The number of aromatic nitrogens is 1. The van der Waals surface area contributed by atoms with Gasteiger partial charge in [-0.1, -0.05) is 23.5 Å². The maximum Gasteiger partial charge on any atom is 0.391 e. The molecule has 2 aromatic heterocycles. The van der Waals surface area contributed by atoms with Crippen molar-refractivity contribution in [3.05, 3.63) is 46.8 Å². The molecule has 2 heterocycles. The molecule has 0 aliphatic carbocycles. The molecule has 0 saturated heterocycles. The van der Waals surface area contributed by atoms with Gasteiger partial charge in [0.2, 0.25) is 11.3 Å². The number of thiazole rings is 1. The predicted molar refractivity (Wildman–Crippen MR) is 92.3 cm³/mol. The summed E-state index contributed by atoms with van der Waals surface area (Å²) >= 11 is 0.956. The lowest BCUT2D eigenvalue weighted by atomic mass is 10.1. The number of furan rings is 1. The number of anilines is 1. The first-order chi connectivity index (χ1) is 11.8. The van der Waals surface area contributed by atoms with Gasteiger partial charge in [-0.05, 0) is 24.3 Å². The minimum atomic E-state index is -4.55. The summed E-state index contributed by atoms with van der Waals surface area (Å²) in [5, 5.41) is 0.127. The third-order valence-electron chi connectivity index (χ3n) is 3.31. The Morgan fingerprint density at radius 1 is 1.28 bits per heavy atom. The Balaban J connectivity index is 2.09. The number of ketones is 1. The highest BCUT2D eigenvalue weighted by molar-refractivity contribution is 7.59. The molecule has 0 aliphatic heterocycles. The van der Waals surface area contributed by atoms with Crippen LogP contribution in [0.2, 0.25) is 0 Å². The van der Waals surface area contributed by atoms with Crippen LogP contribution in [0.4, 0.5) is 5.13 Å². The number of nitrogens with two attached hydrogens (primary N) is 1.